The smallest absolute Gasteiger partial charge is 0.305 e. The average molecular weight is 318 g/mol. The van der Waals surface area contributed by atoms with Gasteiger partial charge in [0.1, 0.15) is 5.69 Å². The summed E-state index contributed by atoms with van der Waals surface area (Å²) in [6.07, 6.45) is 4.23. The lowest BCUT2D eigenvalue weighted by Gasteiger charge is -2.30. The lowest BCUT2D eigenvalue weighted by molar-refractivity contribution is -0.141. The number of ether oxygens (including phenoxy) is 1. The maximum atomic E-state index is 11.3. The molecule has 1 aliphatic heterocycles. The first-order valence-electron chi connectivity index (χ1n) is 7.33. The summed E-state index contributed by atoms with van der Waals surface area (Å²) < 4.78 is 4.74. The molecule has 1 aliphatic rings. The van der Waals surface area contributed by atoms with Gasteiger partial charge in [-0.2, -0.15) is 0 Å². The molecule has 6 nitrogen and oxygen atoms in total. The Morgan fingerprint density at radius 3 is 2.86 bits per heavy atom. The van der Waals surface area contributed by atoms with Crippen LogP contribution in [0.4, 0.5) is 5.13 Å². The van der Waals surface area contributed by atoms with Gasteiger partial charge in [-0.15, -0.1) is 10.2 Å². The van der Waals surface area contributed by atoms with Crippen LogP contribution in [0.25, 0.3) is 10.7 Å². The largest absolute Gasteiger partial charge is 0.469 e. The molecule has 0 N–H and O–H groups in total. The highest BCUT2D eigenvalue weighted by atomic mass is 32.1. The Balaban J connectivity index is 1.60. The van der Waals surface area contributed by atoms with E-state index in [4.69, 9.17) is 4.74 Å². The van der Waals surface area contributed by atoms with Crippen molar-refractivity contribution in [3.8, 4) is 10.7 Å². The molecule has 0 saturated carbocycles. The first kappa shape index (κ1) is 14.9. The van der Waals surface area contributed by atoms with E-state index in [0.29, 0.717) is 12.3 Å². The van der Waals surface area contributed by atoms with Crippen molar-refractivity contribution in [2.24, 2.45) is 5.92 Å². The minimum Gasteiger partial charge on any atom is -0.469 e. The highest BCUT2D eigenvalue weighted by Crippen LogP contribution is 2.30. The van der Waals surface area contributed by atoms with Gasteiger partial charge in [-0.25, -0.2) is 0 Å². The van der Waals surface area contributed by atoms with Crippen LogP contribution in [-0.4, -0.2) is 41.3 Å². The third-order valence-electron chi connectivity index (χ3n) is 3.87. The summed E-state index contributed by atoms with van der Waals surface area (Å²) in [5.41, 5.74) is 0.854. The third-order valence-corrected chi connectivity index (χ3v) is 4.87. The van der Waals surface area contributed by atoms with Crippen molar-refractivity contribution >= 4 is 22.4 Å². The number of pyridine rings is 1. The minimum absolute atomic E-state index is 0.119. The molecule has 116 valence electrons. The van der Waals surface area contributed by atoms with Gasteiger partial charge in [-0.05, 0) is 30.9 Å². The van der Waals surface area contributed by atoms with Crippen LogP contribution in [0.5, 0.6) is 0 Å². The Bertz CT molecular complexity index is 623. The number of esters is 1. The Morgan fingerprint density at radius 2 is 2.18 bits per heavy atom. The molecule has 0 atom stereocenters. The molecule has 2 aromatic rings. The maximum Gasteiger partial charge on any atom is 0.305 e. The van der Waals surface area contributed by atoms with Gasteiger partial charge < -0.3 is 9.64 Å². The van der Waals surface area contributed by atoms with Gasteiger partial charge >= 0.3 is 5.97 Å². The molecule has 0 unspecified atom stereocenters. The van der Waals surface area contributed by atoms with Crippen LogP contribution in [-0.2, 0) is 9.53 Å². The Labute approximate surface area is 133 Å². The normalized spacial score (nSPS) is 15.8. The van der Waals surface area contributed by atoms with Crippen LogP contribution in [0, 0.1) is 5.92 Å². The van der Waals surface area contributed by atoms with E-state index in [0.717, 1.165) is 41.8 Å². The van der Waals surface area contributed by atoms with E-state index in [-0.39, 0.29) is 5.97 Å². The second kappa shape index (κ2) is 6.83. The molecule has 0 bridgehead atoms. The van der Waals surface area contributed by atoms with Gasteiger partial charge in [-0.3, -0.25) is 9.78 Å². The molecule has 0 aromatic carbocycles. The summed E-state index contributed by atoms with van der Waals surface area (Å²) in [6, 6.07) is 5.77. The van der Waals surface area contributed by atoms with Crippen LogP contribution in [0.3, 0.4) is 0 Å². The fraction of sp³-hybridized carbons (Fsp3) is 0.467. The Morgan fingerprint density at radius 1 is 1.36 bits per heavy atom. The van der Waals surface area contributed by atoms with E-state index in [1.54, 1.807) is 17.5 Å². The van der Waals surface area contributed by atoms with Crippen LogP contribution in [0.2, 0.25) is 0 Å². The van der Waals surface area contributed by atoms with Crippen molar-refractivity contribution in [1.29, 1.82) is 0 Å². The van der Waals surface area contributed by atoms with Gasteiger partial charge in [-0.1, -0.05) is 17.4 Å². The van der Waals surface area contributed by atoms with Crippen molar-refractivity contribution in [1.82, 2.24) is 15.2 Å². The van der Waals surface area contributed by atoms with Crippen LogP contribution >= 0.6 is 11.3 Å². The number of rotatable bonds is 4. The van der Waals surface area contributed by atoms with Crippen molar-refractivity contribution in [2.45, 2.75) is 19.3 Å². The first-order valence-corrected chi connectivity index (χ1v) is 8.14. The molecule has 1 fully saturated rings. The number of carbonyl (C=O) groups is 1. The van der Waals surface area contributed by atoms with E-state index >= 15 is 0 Å². The lowest BCUT2D eigenvalue weighted by atomic mass is 9.94. The first-order chi connectivity index (χ1) is 10.8. The zero-order valence-electron chi connectivity index (χ0n) is 12.4. The van der Waals surface area contributed by atoms with Gasteiger partial charge in [0.05, 0.1) is 7.11 Å². The number of piperidine rings is 1. The summed E-state index contributed by atoms with van der Waals surface area (Å²) in [5.74, 6) is 0.290. The van der Waals surface area contributed by atoms with Gasteiger partial charge in [0, 0.05) is 25.7 Å². The molecule has 7 heteroatoms. The Kier molecular flexibility index (Phi) is 4.62. The summed E-state index contributed by atoms with van der Waals surface area (Å²) in [7, 11) is 1.44. The minimum atomic E-state index is -0.119. The maximum absolute atomic E-state index is 11.3. The molecular weight excluding hydrogens is 300 g/mol. The number of hydrogen-bond donors (Lipinski definition) is 0. The third kappa shape index (κ3) is 3.41. The standard InChI is InChI=1S/C15H18N4O2S/c1-21-13(20)10-11-5-8-19(9-6-11)15-18-17-14(22-15)12-4-2-3-7-16-12/h2-4,7,11H,5-6,8-10H2,1H3. The molecule has 0 radical (unpaired) electrons. The van der Waals surface area contributed by atoms with Crippen LogP contribution < -0.4 is 4.90 Å². The van der Waals surface area contributed by atoms with E-state index in [2.05, 4.69) is 20.1 Å². The number of nitrogens with zero attached hydrogens (tertiary/aromatic N) is 4. The van der Waals surface area contributed by atoms with E-state index in [9.17, 15) is 4.79 Å². The number of methoxy groups -OCH3 is 1. The van der Waals surface area contributed by atoms with Crippen molar-refractivity contribution in [3.05, 3.63) is 24.4 Å². The summed E-state index contributed by atoms with van der Waals surface area (Å²) in [4.78, 5) is 17.9. The topological polar surface area (TPSA) is 68.2 Å². The fourth-order valence-electron chi connectivity index (χ4n) is 2.58. The van der Waals surface area contributed by atoms with Crippen molar-refractivity contribution < 1.29 is 9.53 Å². The lowest BCUT2D eigenvalue weighted by Crippen LogP contribution is -2.34. The van der Waals surface area contributed by atoms with Crippen molar-refractivity contribution in [3.63, 3.8) is 0 Å². The zero-order valence-corrected chi connectivity index (χ0v) is 13.3. The highest BCUT2D eigenvalue weighted by molar-refractivity contribution is 7.18. The molecule has 2 aromatic heterocycles. The fourth-order valence-corrected chi connectivity index (χ4v) is 3.46. The molecular formula is C15H18N4O2S. The number of aromatic nitrogens is 3. The predicted molar refractivity (Wildman–Crippen MR) is 84.7 cm³/mol. The SMILES string of the molecule is COC(=O)CC1CCN(c2nnc(-c3ccccn3)s2)CC1. The van der Waals surface area contributed by atoms with E-state index in [1.807, 2.05) is 18.2 Å². The molecule has 22 heavy (non-hydrogen) atoms. The van der Waals surface area contributed by atoms with Gasteiger partial charge in [0.15, 0.2) is 5.01 Å². The summed E-state index contributed by atoms with van der Waals surface area (Å²) >= 11 is 1.56. The average Bonchev–Trinajstić information content (AvgIpc) is 3.06. The van der Waals surface area contributed by atoms with Crippen LogP contribution in [0.15, 0.2) is 24.4 Å². The van der Waals surface area contributed by atoms with Gasteiger partial charge in [0.2, 0.25) is 5.13 Å². The zero-order chi connectivity index (χ0) is 15.4. The second-order valence-electron chi connectivity index (χ2n) is 5.32. The number of hydrogen-bond acceptors (Lipinski definition) is 7. The monoisotopic (exact) mass is 318 g/mol. The predicted octanol–water partition coefficient (Wildman–Crippen LogP) is 2.38. The second-order valence-corrected chi connectivity index (χ2v) is 6.27. The quantitative estimate of drug-likeness (QED) is 0.806. The van der Waals surface area contributed by atoms with Gasteiger partial charge in [0.25, 0.3) is 0 Å². The van der Waals surface area contributed by atoms with E-state index < -0.39 is 0 Å². The molecule has 0 aliphatic carbocycles. The van der Waals surface area contributed by atoms with Crippen molar-refractivity contribution in [2.75, 3.05) is 25.1 Å². The molecule has 0 amide bonds. The summed E-state index contributed by atoms with van der Waals surface area (Å²) in [5, 5.41) is 10.3. The molecule has 3 heterocycles. The molecule has 3 rings (SSSR count). The highest BCUT2D eigenvalue weighted by Gasteiger charge is 2.24. The molecule has 0 spiro atoms. The number of anilines is 1. The van der Waals surface area contributed by atoms with E-state index in [1.165, 1.54) is 7.11 Å². The molecule has 1 saturated heterocycles. The summed E-state index contributed by atoms with van der Waals surface area (Å²) in [6.45, 7) is 1.80. The van der Waals surface area contributed by atoms with Crippen LogP contribution in [0.1, 0.15) is 19.3 Å². The Hall–Kier alpha value is -2.02. The number of carbonyl (C=O) groups excluding carboxylic acids is 1.